The van der Waals surface area contributed by atoms with Gasteiger partial charge in [-0.3, -0.25) is 10.1 Å². The monoisotopic (exact) mass is 408 g/mol. The highest BCUT2D eigenvalue weighted by Gasteiger charge is 2.16. The number of nitro benzene ring substituents is 1. The Hall–Kier alpha value is -2.62. The van der Waals surface area contributed by atoms with E-state index in [2.05, 4.69) is 5.32 Å². The molecule has 8 nitrogen and oxygen atoms in total. The average Bonchev–Trinajstić information content (AvgIpc) is 2.89. The van der Waals surface area contributed by atoms with Crippen molar-refractivity contribution >= 4 is 43.9 Å². The second-order valence-electron chi connectivity index (χ2n) is 6.12. The Labute approximate surface area is 160 Å². The number of anilines is 1. The molecule has 3 aromatic rings. The van der Waals surface area contributed by atoms with E-state index in [0.717, 1.165) is 22.5 Å². The lowest BCUT2D eigenvalue weighted by atomic mass is 10.1. The van der Waals surface area contributed by atoms with Gasteiger partial charge in [-0.25, -0.2) is 13.6 Å². The lowest BCUT2D eigenvalue weighted by Gasteiger charge is -2.08. The molecule has 2 aromatic carbocycles. The molecule has 142 valence electrons. The van der Waals surface area contributed by atoms with E-state index in [0.29, 0.717) is 23.7 Å². The van der Waals surface area contributed by atoms with E-state index in [4.69, 9.17) is 16.7 Å². The van der Waals surface area contributed by atoms with Crippen LogP contribution in [0.1, 0.15) is 5.56 Å². The third-order valence-electron chi connectivity index (χ3n) is 4.19. The van der Waals surface area contributed by atoms with Crippen LogP contribution in [0.25, 0.3) is 10.9 Å². The number of aromatic nitrogens is 1. The Morgan fingerprint density at radius 3 is 2.67 bits per heavy atom. The van der Waals surface area contributed by atoms with E-state index in [1.807, 2.05) is 36.0 Å². The number of nitrogens with two attached hydrogens (primary N) is 1. The zero-order valence-corrected chi connectivity index (χ0v) is 15.9. The molecule has 0 amide bonds. The quantitative estimate of drug-likeness (QED) is 0.479. The Morgan fingerprint density at radius 1 is 1.26 bits per heavy atom. The minimum absolute atomic E-state index is 0.306. The van der Waals surface area contributed by atoms with Crippen molar-refractivity contribution in [2.45, 2.75) is 11.3 Å². The van der Waals surface area contributed by atoms with E-state index in [1.165, 1.54) is 12.1 Å². The lowest BCUT2D eigenvalue weighted by molar-refractivity contribution is -0.385. The van der Waals surface area contributed by atoms with Crippen molar-refractivity contribution in [3.63, 3.8) is 0 Å². The van der Waals surface area contributed by atoms with Gasteiger partial charge in [0.1, 0.15) is 0 Å². The number of nitro groups is 1. The number of fused-ring (bicyclic) bond motifs is 1. The van der Waals surface area contributed by atoms with Gasteiger partial charge in [0.05, 0.1) is 9.82 Å². The molecular weight excluding hydrogens is 392 g/mol. The molecule has 0 saturated heterocycles. The molecule has 0 unspecified atom stereocenters. The van der Waals surface area contributed by atoms with Crippen molar-refractivity contribution in [2.24, 2.45) is 12.2 Å². The predicted octanol–water partition coefficient (Wildman–Crippen LogP) is 3.04. The smallest absolute Gasteiger partial charge is 0.272 e. The molecule has 0 spiro atoms. The van der Waals surface area contributed by atoms with Gasteiger partial charge in [0.2, 0.25) is 10.0 Å². The zero-order valence-electron chi connectivity index (χ0n) is 14.3. The van der Waals surface area contributed by atoms with Crippen molar-refractivity contribution in [3.05, 3.63) is 63.3 Å². The molecule has 1 heterocycles. The minimum atomic E-state index is -4.05. The van der Waals surface area contributed by atoms with Gasteiger partial charge < -0.3 is 9.88 Å². The van der Waals surface area contributed by atoms with Crippen molar-refractivity contribution in [2.75, 3.05) is 11.9 Å². The van der Waals surface area contributed by atoms with Gasteiger partial charge in [-0.15, -0.1) is 0 Å². The molecule has 1 aromatic heterocycles. The zero-order chi connectivity index (χ0) is 19.8. The molecule has 0 aliphatic rings. The van der Waals surface area contributed by atoms with Gasteiger partial charge in [0.15, 0.2) is 0 Å². The number of rotatable bonds is 6. The van der Waals surface area contributed by atoms with Crippen LogP contribution >= 0.6 is 11.6 Å². The lowest BCUT2D eigenvalue weighted by Crippen LogP contribution is -2.13. The molecule has 0 saturated carbocycles. The SMILES string of the molecule is Cn1cc(CCNc2cc([N+](=O)[O-])cc(S(N)(=O)=O)c2)c2ccc(Cl)cc21. The standard InChI is InChI=1S/C17H17ClN4O4S/c1-21-10-11(16-3-2-12(18)6-17(16)21)4-5-20-13-7-14(22(23)24)9-15(8-13)27(19,25)26/h2-3,6-10,20H,4-5H2,1H3,(H2,19,25,26). The van der Waals surface area contributed by atoms with Gasteiger partial charge >= 0.3 is 0 Å². The fourth-order valence-corrected chi connectivity index (χ4v) is 3.68. The molecular formula is C17H17ClN4O4S. The van der Waals surface area contributed by atoms with Crippen LogP contribution in [0, 0.1) is 10.1 Å². The number of non-ortho nitro benzene ring substituents is 1. The summed E-state index contributed by atoms with van der Waals surface area (Å²) in [6, 6.07) is 9.14. The van der Waals surface area contributed by atoms with Crippen LogP contribution in [0.2, 0.25) is 5.02 Å². The van der Waals surface area contributed by atoms with E-state index in [9.17, 15) is 18.5 Å². The first-order valence-electron chi connectivity index (χ1n) is 7.95. The normalized spacial score (nSPS) is 11.7. The fraction of sp³-hybridized carbons (Fsp3) is 0.176. The summed E-state index contributed by atoms with van der Waals surface area (Å²) in [7, 11) is -2.12. The number of benzene rings is 2. The summed E-state index contributed by atoms with van der Waals surface area (Å²) >= 11 is 6.04. The van der Waals surface area contributed by atoms with E-state index in [1.54, 1.807) is 0 Å². The third kappa shape index (κ3) is 4.21. The second-order valence-corrected chi connectivity index (χ2v) is 8.12. The van der Waals surface area contributed by atoms with Crippen LogP contribution in [0.15, 0.2) is 47.5 Å². The number of nitrogens with one attached hydrogen (secondary N) is 1. The highest BCUT2D eigenvalue weighted by Crippen LogP contribution is 2.26. The van der Waals surface area contributed by atoms with Crippen molar-refractivity contribution in [3.8, 4) is 0 Å². The minimum Gasteiger partial charge on any atom is -0.384 e. The number of halogens is 1. The van der Waals surface area contributed by atoms with Crippen LogP contribution in [0.5, 0.6) is 0 Å². The first-order valence-corrected chi connectivity index (χ1v) is 9.87. The van der Waals surface area contributed by atoms with Crippen LogP contribution in [-0.2, 0) is 23.5 Å². The van der Waals surface area contributed by atoms with E-state index >= 15 is 0 Å². The van der Waals surface area contributed by atoms with E-state index < -0.39 is 14.9 Å². The molecule has 3 N–H and O–H groups in total. The van der Waals surface area contributed by atoms with Gasteiger partial charge in [0.25, 0.3) is 5.69 Å². The Morgan fingerprint density at radius 2 is 2.00 bits per heavy atom. The third-order valence-corrected chi connectivity index (χ3v) is 5.32. The van der Waals surface area contributed by atoms with Crippen molar-refractivity contribution < 1.29 is 13.3 Å². The van der Waals surface area contributed by atoms with Gasteiger partial charge in [0, 0.05) is 53.5 Å². The molecule has 27 heavy (non-hydrogen) atoms. The maximum atomic E-state index is 11.5. The largest absolute Gasteiger partial charge is 0.384 e. The number of hydrogen-bond acceptors (Lipinski definition) is 5. The number of aryl methyl sites for hydroxylation is 1. The summed E-state index contributed by atoms with van der Waals surface area (Å²) in [4.78, 5) is 10.1. The first kappa shape index (κ1) is 19.2. The van der Waals surface area contributed by atoms with Crippen molar-refractivity contribution in [1.29, 1.82) is 0 Å². The Kier molecular flexibility index (Phi) is 5.09. The first-order chi connectivity index (χ1) is 12.6. The molecule has 3 rings (SSSR count). The van der Waals surface area contributed by atoms with Crippen LogP contribution in [0.4, 0.5) is 11.4 Å². The molecule has 0 bridgehead atoms. The molecule has 0 radical (unpaired) electrons. The maximum Gasteiger partial charge on any atom is 0.272 e. The average molecular weight is 409 g/mol. The van der Waals surface area contributed by atoms with Gasteiger partial charge in [-0.1, -0.05) is 17.7 Å². The highest BCUT2D eigenvalue weighted by atomic mass is 35.5. The summed E-state index contributed by atoms with van der Waals surface area (Å²) in [6.07, 6.45) is 2.62. The van der Waals surface area contributed by atoms with Gasteiger partial charge in [-0.2, -0.15) is 0 Å². The number of hydrogen-bond donors (Lipinski definition) is 2. The molecule has 0 atom stereocenters. The van der Waals surface area contributed by atoms with Crippen LogP contribution in [0.3, 0.4) is 0 Å². The Balaban J connectivity index is 1.81. The number of primary sulfonamides is 1. The van der Waals surface area contributed by atoms with Crippen LogP contribution < -0.4 is 10.5 Å². The topological polar surface area (TPSA) is 120 Å². The molecule has 0 aliphatic carbocycles. The second kappa shape index (κ2) is 7.18. The summed E-state index contributed by atoms with van der Waals surface area (Å²) in [6.45, 7) is 0.451. The molecule has 0 fully saturated rings. The number of sulfonamides is 1. The summed E-state index contributed by atoms with van der Waals surface area (Å²) in [5.41, 5.74) is 2.05. The molecule has 0 aliphatic heterocycles. The molecule has 10 heteroatoms. The maximum absolute atomic E-state index is 11.5. The summed E-state index contributed by atoms with van der Waals surface area (Å²) < 4.78 is 25.1. The van der Waals surface area contributed by atoms with Crippen LogP contribution in [-0.4, -0.2) is 24.5 Å². The summed E-state index contributed by atoms with van der Waals surface area (Å²) in [5, 5.41) is 20.9. The fourth-order valence-electron chi connectivity index (χ4n) is 2.94. The van der Waals surface area contributed by atoms with Crippen molar-refractivity contribution in [1.82, 2.24) is 4.57 Å². The van der Waals surface area contributed by atoms with Gasteiger partial charge in [-0.05, 0) is 30.2 Å². The Bertz CT molecular complexity index is 1140. The highest BCUT2D eigenvalue weighted by molar-refractivity contribution is 7.89. The summed E-state index contributed by atoms with van der Waals surface area (Å²) in [5.74, 6) is 0. The number of nitrogens with zero attached hydrogens (tertiary/aromatic N) is 2. The van der Waals surface area contributed by atoms with E-state index in [-0.39, 0.29) is 10.6 Å². The predicted molar refractivity (Wildman–Crippen MR) is 105 cm³/mol.